The Hall–Kier alpha value is -2.62. The van der Waals surface area contributed by atoms with E-state index in [1.54, 1.807) is 13.0 Å². The molecule has 130 valence electrons. The molecule has 0 bridgehead atoms. The Kier molecular flexibility index (Phi) is 5.49. The molecule has 4 heteroatoms. The first-order valence-electron chi connectivity index (χ1n) is 8.94. The van der Waals surface area contributed by atoms with Gasteiger partial charge in [0.2, 0.25) is 11.8 Å². The van der Waals surface area contributed by atoms with Crippen LogP contribution in [-0.2, 0) is 28.9 Å². The van der Waals surface area contributed by atoms with Crippen LogP contribution in [0.2, 0.25) is 0 Å². The Bertz CT molecular complexity index is 783. The van der Waals surface area contributed by atoms with Gasteiger partial charge in [0.05, 0.1) is 6.42 Å². The number of rotatable bonds is 5. The molecule has 2 N–H and O–H groups in total. The van der Waals surface area contributed by atoms with Crippen LogP contribution in [0.25, 0.3) is 0 Å². The van der Waals surface area contributed by atoms with Gasteiger partial charge in [-0.15, -0.1) is 0 Å². The average Bonchev–Trinajstić information content (AvgIpc) is 2.61. The summed E-state index contributed by atoms with van der Waals surface area (Å²) in [6.07, 6.45) is 5.55. The summed E-state index contributed by atoms with van der Waals surface area (Å²) in [5.41, 5.74) is 5.25. The predicted octanol–water partition coefficient (Wildman–Crippen LogP) is 4.10. The van der Waals surface area contributed by atoms with Crippen LogP contribution < -0.4 is 10.6 Å². The molecule has 0 spiro atoms. The third-order valence-electron chi connectivity index (χ3n) is 4.53. The number of fused-ring (bicyclic) bond motifs is 1. The molecular formula is C21H24N2O2. The maximum atomic E-state index is 12.3. The topological polar surface area (TPSA) is 58.2 Å². The monoisotopic (exact) mass is 336 g/mol. The number of anilines is 2. The number of carbonyl (C=O) groups excluding carboxylic acids is 2. The lowest BCUT2D eigenvalue weighted by Gasteiger charge is -2.16. The number of amides is 2. The third-order valence-corrected chi connectivity index (χ3v) is 4.53. The van der Waals surface area contributed by atoms with Crippen LogP contribution in [0.3, 0.4) is 0 Å². The van der Waals surface area contributed by atoms with E-state index in [4.69, 9.17) is 0 Å². The van der Waals surface area contributed by atoms with Crippen molar-refractivity contribution in [3.05, 3.63) is 59.2 Å². The Morgan fingerprint density at radius 1 is 0.880 bits per heavy atom. The van der Waals surface area contributed by atoms with E-state index >= 15 is 0 Å². The van der Waals surface area contributed by atoms with Crippen LogP contribution in [0, 0.1) is 0 Å². The number of carbonyl (C=O) groups is 2. The van der Waals surface area contributed by atoms with E-state index in [1.807, 2.05) is 18.2 Å². The van der Waals surface area contributed by atoms with Crippen molar-refractivity contribution in [2.75, 3.05) is 10.6 Å². The first-order chi connectivity index (χ1) is 12.1. The van der Waals surface area contributed by atoms with Crippen molar-refractivity contribution >= 4 is 23.2 Å². The smallest absolute Gasteiger partial charge is 0.228 e. The summed E-state index contributed by atoms with van der Waals surface area (Å²) in [4.78, 5) is 23.8. The Morgan fingerprint density at radius 2 is 1.56 bits per heavy atom. The molecule has 2 aromatic carbocycles. The van der Waals surface area contributed by atoms with E-state index in [2.05, 4.69) is 28.8 Å². The Labute approximate surface area is 148 Å². The normalized spacial score (nSPS) is 13.0. The molecule has 3 rings (SSSR count). The molecule has 2 aromatic rings. The van der Waals surface area contributed by atoms with Crippen molar-refractivity contribution in [1.82, 2.24) is 0 Å². The quantitative estimate of drug-likeness (QED) is 0.864. The third kappa shape index (κ3) is 4.69. The summed E-state index contributed by atoms with van der Waals surface area (Å²) < 4.78 is 0. The fourth-order valence-corrected chi connectivity index (χ4v) is 3.21. The maximum Gasteiger partial charge on any atom is 0.228 e. The van der Waals surface area contributed by atoms with Crippen molar-refractivity contribution < 1.29 is 9.59 Å². The fourth-order valence-electron chi connectivity index (χ4n) is 3.21. The fraction of sp³-hybridized carbons (Fsp3) is 0.333. The summed E-state index contributed by atoms with van der Waals surface area (Å²) in [7, 11) is 0. The van der Waals surface area contributed by atoms with Gasteiger partial charge in [0.15, 0.2) is 0 Å². The van der Waals surface area contributed by atoms with Crippen LogP contribution in [-0.4, -0.2) is 11.8 Å². The van der Waals surface area contributed by atoms with Crippen molar-refractivity contribution in [2.45, 2.75) is 45.4 Å². The van der Waals surface area contributed by atoms with Crippen molar-refractivity contribution in [1.29, 1.82) is 0 Å². The van der Waals surface area contributed by atoms with Crippen LogP contribution in [0.1, 0.15) is 42.9 Å². The summed E-state index contributed by atoms with van der Waals surface area (Å²) in [6, 6.07) is 13.6. The van der Waals surface area contributed by atoms with E-state index in [9.17, 15) is 9.59 Å². The molecular weight excluding hydrogens is 312 g/mol. The zero-order valence-corrected chi connectivity index (χ0v) is 14.6. The van der Waals surface area contributed by atoms with E-state index in [1.165, 1.54) is 24.0 Å². The number of nitrogens with one attached hydrogen (secondary N) is 2. The summed E-state index contributed by atoms with van der Waals surface area (Å²) >= 11 is 0. The van der Waals surface area contributed by atoms with E-state index in [0.29, 0.717) is 24.2 Å². The molecule has 0 saturated heterocycles. The molecule has 25 heavy (non-hydrogen) atoms. The second-order valence-electron chi connectivity index (χ2n) is 6.52. The van der Waals surface area contributed by atoms with Gasteiger partial charge in [-0.05, 0) is 60.6 Å². The molecule has 0 fully saturated rings. The number of hydrogen-bond acceptors (Lipinski definition) is 2. The lowest BCUT2D eigenvalue weighted by Crippen LogP contribution is -2.15. The lowest BCUT2D eigenvalue weighted by atomic mass is 9.90. The highest BCUT2D eigenvalue weighted by Crippen LogP contribution is 2.23. The van der Waals surface area contributed by atoms with Crippen LogP contribution >= 0.6 is 0 Å². The SMILES string of the molecule is CCC(=O)Nc1cccc(NC(=O)Cc2ccc3c(c2)CCCC3)c1. The number of hydrogen-bond donors (Lipinski definition) is 2. The van der Waals surface area contributed by atoms with Gasteiger partial charge in [-0.3, -0.25) is 9.59 Å². The molecule has 0 atom stereocenters. The lowest BCUT2D eigenvalue weighted by molar-refractivity contribution is -0.116. The van der Waals surface area contributed by atoms with Gasteiger partial charge in [0.1, 0.15) is 0 Å². The molecule has 2 amide bonds. The molecule has 0 radical (unpaired) electrons. The standard InChI is InChI=1S/C21H24N2O2/c1-2-20(24)22-18-8-5-9-19(14-18)23-21(25)13-15-10-11-16-6-3-4-7-17(16)12-15/h5,8-12,14H,2-4,6-7,13H2,1H3,(H,22,24)(H,23,25). The zero-order valence-electron chi connectivity index (χ0n) is 14.6. The van der Waals surface area contributed by atoms with Crippen LogP contribution in [0.4, 0.5) is 11.4 Å². The minimum absolute atomic E-state index is 0.0439. The van der Waals surface area contributed by atoms with E-state index in [-0.39, 0.29) is 11.8 Å². The minimum atomic E-state index is -0.0465. The first kappa shape index (κ1) is 17.2. The Morgan fingerprint density at radius 3 is 2.28 bits per heavy atom. The molecule has 0 aromatic heterocycles. The van der Waals surface area contributed by atoms with Gasteiger partial charge in [-0.2, -0.15) is 0 Å². The highest BCUT2D eigenvalue weighted by atomic mass is 16.2. The van der Waals surface area contributed by atoms with Crippen molar-refractivity contribution in [2.24, 2.45) is 0 Å². The van der Waals surface area contributed by atoms with Gasteiger partial charge in [-0.25, -0.2) is 0 Å². The van der Waals surface area contributed by atoms with Gasteiger partial charge in [0.25, 0.3) is 0 Å². The molecule has 1 aliphatic carbocycles. The van der Waals surface area contributed by atoms with E-state index < -0.39 is 0 Å². The largest absolute Gasteiger partial charge is 0.326 e. The molecule has 0 aliphatic heterocycles. The summed E-state index contributed by atoms with van der Waals surface area (Å²) in [6.45, 7) is 1.81. The number of aryl methyl sites for hydroxylation is 2. The molecule has 0 unspecified atom stereocenters. The molecule has 0 heterocycles. The first-order valence-corrected chi connectivity index (χ1v) is 8.94. The average molecular weight is 336 g/mol. The van der Waals surface area contributed by atoms with Crippen LogP contribution in [0.15, 0.2) is 42.5 Å². The predicted molar refractivity (Wildman–Crippen MR) is 101 cm³/mol. The second-order valence-corrected chi connectivity index (χ2v) is 6.52. The molecule has 1 aliphatic rings. The summed E-state index contributed by atoms with van der Waals surface area (Å²) in [5, 5.41) is 5.71. The van der Waals surface area contributed by atoms with E-state index in [0.717, 1.165) is 18.4 Å². The highest BCUT2D eigenvalue weighted by Gasteiger charge is 2.11. The molecule has 0 saturated carbocycles. The van der Waals surface area contributed by atoms with Crippen LogP contribution in [0.5, 0.6) is 0 Å². The highest BCUT2D eigenvalue weighted by molar-refractivity contribution is 5.94. The summed E-state index contributed by atoms with van der Waals surface area (Å²) in [5.74, 6) is -0.0905. The van der Waals surface area contributed by atoms with Gasteiger partial charge in [-0.1, -0.05) is 31.2 Å². The Balaban J connectivity index is 1.62. The van der Waals surface area contributed by atoms with Gasteiger partial charge < -0.3 is 10.6 Å². The van der Waals surface area contributed by atoms with Gasteiger partial charge in [0, 0.05) is 17.8 Å². The minimum Gasteiger partial charge on any atom is -0.326 e. The number of benzene rings is 2. The van der Waals surface area contributed by atoms with Crippen molar-refractivity contribution in [3.63, 3.8) is 0 Å². The zero-order chi connectivity index (χ0) is 17.6. The maximum absolute atomic E-state index is 12.3. The second kappa shape index (κ2) is 7.97. The molecule has 4 nitrogen and oxygen atoms in total. The van der Waals surface area contributed by atoms with Gasteiger partial charge >= 0.3 is 0 Å². The van der Waals surface area contributed by atoms with Crippen molar-refractivity contribution in [3.8, 4) is 0 Å².